The molecular formula is C41H43IN2O7. The Morgan fingerprint density at radius 1 is 0.804 bits per heavy atom. The molecule has 0 aliphatic heterocycles. The first-order valence-electron chi connectivity index (χ1n) is 17.4. The largest absolute Gasteiger partial charge is 0.479 e. The van der Waals surface area contributed by atoms with Gasteiger partial charge in [-0.3, -0.25) is 0 Å². The lowest BCUT2D eigenvalue weighted by Crippen LogP contribution is -2.34. The Labute approximate surface area is 311 Å². The standard InChI is InChI=1S/C26H31NO6.C15H12INO/c1-3-30-24(26(28)29)16-32-22-10-6-9-21(14-22)31-15-23-17(2)33-25(27-23)20-12-11-18-7-4-5-8-19(18)13-20;1-10-14(9-16)17-15(18-10)13-7-6-11-4-2-3-5-12(11)8-13/h4-5,7-8,11-13,21-22,24H,3,6,9-10,14-16H2,1-2H3,(H,28,29);2-8H,9H2,1H3/t21-,22+,24?;/m0./s1. The van der Waals surface area contributed by atoms with Crippen molar-refractivity contribution in [3.63, 3.8) is 0 Å². The highest BCUT2D eigenvalue weighted by atomic mass is 127. The molecule has 6 aromatic rings. The predicted octanol–water partition coefficient (Wildman–Crippen LogP) is 9.88. The van der Waals surface area contributed by atoms with Crippen LogP contribution in [-0.2, 0) is 30.0 Å². The van der Waals surface area contributed by atoms with Crippen molar-refractivity contribution in [3.8, 4) is 22.9 Å². The van der Waals surface area contributed by atoms with Crippen LogP contribution in [0.4, 0.5) is 0 Å². The van der Waals surface area contributed by atoms with Crippen LogP contribution in [0, 0.1) is 13.8 Å². The molecule has 0 saturated heterocycles. The van der Waals surface area contributed by atoms with Gasteiger partial charge in [0.2, 0.25) is 11.8 Å². The van der Waals surface area contributed by atoms with Gasteiger partial charge in [0, 0.05) is 22.2 Å². The fraction of sp³-hybridized carbons (Fsp3) is 0.341. The highest BCUT2D eigenvalue weighted by molar-refractivity contribution is 14.1. The van der Waals surface area contributed by atoms with E-state index in [0.717, 1.165) is 69.5 Å². The maximum Gasteiger partial charge on any atom is 0.335 e. The van der Waals surface area contributed by atoms with E-state index in [1.807, 2.05) is 44.2 Å². The minimum atomic E-state index is -0.996. The fourth-order valence-corrected chi connectivity index (χ4v) is 6.93. The zero-order valence-corrected chi connectivity index (χ0v) is 31.3. The van der Waals surface area contributed by atoms with Crippen molar-refractivity contribution in [2.45, 2.75) is 75.8 Å². The second kappa shape index (κ2) is 17.4. The van der Waals surface area contributed by atoms with Crippen LogP contribution in [0.5, 0.6) is 0 Å². The Balaban J connectivity index is 0.000000208. The molecule has 3 atom stereocenters. The summed E-state index contributed by atoms with van der Waals surface area (Å²) in [6.07, 6.45) is 2.63. The number of rotatable bonds is 12. The van der Waals surface area contributed by atoms with Crippen LogP contribution in [0.25, 0.3) is 44.5 Å². The summed E-state index contributed by atoms with van der Waals surface area (Å²) in [4.78, 5) is 20.5. The average molecular weight is 803 g/mol. The maximum atomic E-state index is 11.2. The highest BCUT2D eigenvalue weighted by Gasteiger charge is 2.26. The molecule has 51 heavy (non-hydrogen) atoms. The van der Waals surface area contributed by atoms with E-state index in [9.17, 15) is 9.90 Å². The Morgan fingerprint density at radius 3 is 1.86 bits per heavy atom. The molecule has 4 aromatic carbocycles. The molecule has 266 valence electrons. The van der Waals surface area contributed by atoms with Gasteiger partial charge in [-0.1, -0.05) is 83.3 Å². The van der Waals surface area contributed by atoms with Gasteiger partial charge in [0.15, 0.2) is 6.10 Å². The Morgan fingerprint density at radius 2 is 1.33 bits per heavy atom. The minimum Gasteiger partial charge on any atom is -0.479 e. The summed E-state index contributed by atoms with van der Waals surface area (Å²) in [5.74, 6) is 1.97. The van der Waals surface area contributed by atoms with Crippen molar-refractivity contribution >= 4 is 50.1 Å². The van der Waals surface area contributed by atoms with E-state index in [2.05, 4.69) is 87.2 Å². The van der Waals surface area contributed by atoms with Gasteiger partial charge < -0.3 is 28.2 Å². The third kappa shape index (κ3) is 9.42. The third-order valence-corrected chi connectivity index (χ3v) is 9.79. The van der Waals surface area contributed by atoms with E-state index in [0.29, 0.717) is 25.0 Å². The number of hydrogen-bond acceptors (Lipinski definition) is 8. The van der Waals surface area contributed by atoms with Crippen LogP contribution in [0.1, 0.15) is 55.5 Å². The molecule has 1 saturated carbocycles. The molecule has 10 heteroatoms. The number of carboxylic acids is 1. The first-order chi connectivity index (χ1) is 24.8. The molecule has 7 rings (SSSR count). The number of hydrogen-bond donors (Lipinski definition) is 1. The van der Waals surface area contributed by atoms with Gasteiger partial charge in [-0.15, -0.1) is 0 Å². The monoisotopic (exact) mass is 802 g/mol. The number of aliphatic carboxylic acids is 1. The van der Waals surface area contributed by atoms with Gasteiger partial charge in [0.05, 0.1) is 31.1 Å². The molecule has 0 radical (unpaired) electrons. The number of carboxylic acid groups (broad SMARTS) is 1. The maximum absolute atomic E-state index is 11.2. The van der Waals surface area contributed by atoms with Gasteiger partial charge in [-0.05, 0) is 92.3 Å². The summed E-state index contributed by atoms with van der Waals surface area (Å²) in [5.41, 5.74) is 3.80. The van der Waals surface area contributed by atoms with Gasteiger partial charge >= 0.3 is 5.97 Å². The summed E-state index contributed by atoms with van der Waals surface area (Å²) < 4.78 is 29.8. The smallest absolute Gasteiger partial charge is 0.335 e. The Kier molecular flexibility index (Phi) is 12.5. The van der Waals surface area contributed by atoms with Gasteiger partial charge in [0.25, 0.3) is 0 Å². The molecule has 1 aliphatic rings. The molecule has 0 spiro atoms. The highest BCUT2D eigenvalue weighted by Crippen LogP contribution is 2.29. The number of ether oxygens (including phenoxy) is 3. The van der Waals surface area contributed by atoms with Crippen molar-refractivity contribution in [2.75, 3.05) is 13.2 Å². The zero-order valence-electron chi connectivity index (χ0n) is 29.1. The molecule has 9 nitrogen and oxygen atoms in total. The third-order valence-electron chi connectivity index (χ3n) is 9.07. The minimum absolute atomic E-state index is 0.0300. The van der Waals surface area contributed by atoms with Gasteiger partial charge in [-0.2, -0.15) is 0 Å². The topological polar surface area (TPSA) is 117 Å². The number of aromatic nitrogens is 2. The summed E-state index contributed by atoms with van der Waals surface area (Å²) in [6.45, 7) is 6.41. The van der Waals surface area contributed by atoms with Crippen LogP contribution >= 0.6 is 22.6 Å². The Hall–Kier alpha value is -4.10. The number of halogens is 1. The first kappa shape index (κ1) is 36.7. The van der Waals surface area contributed by atoms with Crippen LogP contribution in [-0.4, -0.2) is 52.6 Å². The van der Waals surface area contributed by atoms with Crippen LogP contribution in [0.2, 0.25) is 0 Å². The van der Waals surface area contributed by atoms with Crippen molar-refractivity contribution in [3.05, 3.63) is 108 Å². The average Bonchev–Trinajstić information content (AvgIpc) is 3.73. The molecule has 2 aromatic heterocycles. The van der Waals surface area contributed by atoms with Crippen molar-refractivity contribution in [1.82, 2.24) is 9.97 Å². The summed E-state index contributed by atoms with van der Waals surface area (Å²) >= 11 is 2.30. The van der Waals surface area contributed by atoms with E-state index in [4.69, 9.17) is 23.0 Å². The summed E-state index contributed by atoms with van der Waals surface area (Å²) in [6, 6.07) is 29.0. The first-order valence-corrected chi connectivity index (χ1v) is 18.9. The molecule has 1 fully saturated rings. The Bertz CT molecular complexity index is 2070. The number of oxazole rings is 2. The SMILES string of the molecule is CCOC(CO[C@@H]1CCC[C@H](OCc2nc(-c3ccc4ccccc4c3)oc2C)C1)C(=O)O.Cc1oc(-c2ccc3ccccc3c2)nc1CI. The fourth-order valence-electron chi connectivity index (χ4n) is 6.22. The molecule has 0 bridgehead atoms. The molecule has 2 heterocycles. The second-order valence-electron chi connectivity index (χ2n) is 12.6. The number of alkyl halides is 1. The second-order valence-corrected chi connectivity index (χ2v) is 13.4. The van der Waals surface area contributed by atoms with Crippen molar-refractivity contribution < 1.29 is 32.9 Å². The van der Waals surface area contributed by atoms with Crippen LogP contribution in [0.3, 0.4) is 0 Å². The van der Waals surface area contributed by atoms with E-state index >= 15 is 0 Å². The van der Waals surface area contributed by atoms with E-state index < -0.39 is 12.1 Å². The number of benzene rings is 4. The normalized spacial score (nSPS) is 16.5. The predicted molar refractivity (Wildman–Crippen MR) is 206 cm³/mol. The summed E-state index contributed by atoms with van der Waals surface area (Å²) in [5, 5.41) is 14.0. The van der Waals surface area contributed by atoms with Crippen LogP contribution < -0.4 is 0 Å². The van der Waals surface area contributed by atoms with E-state index in [1.54, 1.807) is 6.92 Å². The lowest BCUT2D eigenvalue weighted by atomic mass is 9.95. The number of fused-ring (bicyclic) bond motifs is 2. The quantitative estimate of drug-likeness (QED) is 0.0954. The number of carbonyl (C=O) groups is 1. The lowest BCUT2D eigenvalue weighted by molar-refractivity contribution is -0.157. The van der Waals surface area contributed by atoms with E-state index in [1.165, 1.54) is 16.2 Å². The number of nitrogens with zero attached hydrogens (tertiary/aromatic N) is 2. The van der Waals surface area contributed by atoms with Crippen molar-refractivity contribution in [1.29, 1.82) is 0 Å². The van der Waals surface area contributed by atoms with Gasteiger partial charge in [-0.25, -0.2) is 14.8 Å². The molecule has 1 N–H and O–H groups in total. The number of aryl methyl sites for hydroxylation is 2. The molecule has 1 aliphatic carbocycles. The zero-order chi connectivity index (χ0) is 35.7. The van der Waals surface area contributed by atoms with Crippen molar-refractivity contribution in [2.24, 2.45) is 0 Å². The summed E-state index contributed by atoms with van der Waals surface area (Å²) in [7, 11) is 0. The van der Waals surface area contributed by atoms with Crippen LogP contribution in [0.15, 0.2) is 93.8 Å². The molecule has 0 amide bonds. The van der Waals surface area contributed by atoms with Gasteiger partial charge in [0.1, 0.15) is 17.2 Å². The van der Waals surface area contributed by atoms with E-state index in [-0.39, 0.29) is 18.8 Å². The molecular weight excluding hydrogens is 759 g/mol. The lowest BCUT2D eigenvalue weighted by Gasteiger charge is -2.29. The molecule has 1 unspecified atom stereocenters.